The summed E-state index contributed by atoms with van der Waals surface area (Å²) in [4.78, 5) is 27.5. The summed E-state index contributed by atoms with van der Waals surface area (Å²) in [5.41, 5.74) is 2.23. The molecule has 1 fully saturated rings. The van der Waals surface area contributed by atoms with Gasteiger partial charge in [-0.3, -0.25) is 9.59 Å². The molecular formula is C20H22N2O2S. The highest BCUT2D eigenvalue weighted by Crippen LogP contribution is 2.26. The van der Waals surface area contributed by atoms with Crippen LogP contribution < -0.4 is 10.2 Å². The largest absolute Gasteiger partial charge is 0.322 e. The standard InChI is InChI=1S/C20H22N2O2S/c1-2-25-18-11-4-3-10-17(18)20(24)21-15-8-7-9-16(14-15)22-13-6-5-12-19(22)23/h3-4,7-11,14H,2,5-6,12-13H2,1H3,(H,21,24). The number of benzene rings is 2. The molecule has 1 aliphatic rings. The van der Waals surface area contributed by atoms with Crippen molar-refractivity contribution in [1.29, 1.82) is 0 Å². The summed E-state index contributed by atoms with van der Waals surface area (Å²) in [6.07, 6.45) is 2.57. The Kier molecular flexibility index (Phi) is 5.76. The van der Waals surface area contributed by atoms with Crippen LogP contribution in [0.4, 0.5) is 11.4 Å². The van der Waals surface area contributed by atoms with E-state index < -0.39 is 0 Å². The summed E-state index contributed by atoms with van der Waals surface area (Å²) >= 11 is 1.65. The molecule has 0 unspecified atom stereocenters. The highest BCUT2D eigenvalue weighted by molar-refractivity contribution is 7.99. The van der Waals surface area contributed by atoms with Crippen LogP contribution >= 0.6 is 11.8 Å². The van der Waals surface area contributed by atoms with Gasteiger partial charge in [-0.15, -0.1) is 11.8 Å². The lowest BCUT2D eigenvalue weighted by atomic mass is 10.1. The molecule has 1 saturated heterocycles. The van der Waals surface area contributed by atoms with Gasteiger partial charge in [-0.2, -0.15) is 0 Å². The zero-order chi connectivity index (χ0) is 17.6. The molecule has 4 nitrogen and oxygen atoms in total. The van der Waals surface area contributed by atoms with E-state index in [9.17, 15) is 9.59 Å². The topological polar surface area (TPSA) is 49.4 Å². The SMILES string of the molecule is CCSc1ccccc1C(=O)Nc1cccc(N2CCCCC2=O)c1. The molecular weight excluding hydrogens is 332 g/mol. The zero-order valence-electron chi connectivity index (χ0n) is 14.3. The average molecular weight is 354 g/mol. The van der Waals surface area contributed by atoms with Crippen molar-refractivity contribution < 1.29 is 9.59 Å². The van der Waals surface area contributed by atoms with Crippen LogP contribution in [0, 0.1) is 0 Å². The van der Waals surface area contributed by atoms with Gasteiger partial charge in [-0.1, -0.05) is 25.1 Å². The molecule has 0 aromatic heterocycles. The number of amides is 2. The number of nitrogens with zero attached hydrogens (tertiary/aromatic N) is 1. The fourth-order valence-electron chi connectivity index (χ4n) is 2.96. The van der Waals surface area contributed by atoms with E-state index in [1.54, 1.807) is 16.7 Å². The van der Waals surface area contributed by atoms with Crippen molar-refractivity contribution >= 4 is 35.0 Å². The molecule has 0 atom stereocenters. The summed E-state index contributed by atoms with van der Waals surface area (Å²) in [5.74, 6) is 0.940. The summed E-state index contributed by atoms with van der Waals surface area (Å²) in [5, 5.41) is 2.96. The highest BCUT2D eigenvalue weighted by Gasteiger charge is 2.20. The van der Waals surface area contributed by atoms with Crippen LogP contribution in [0.25, 0.3) is 0 Å². The van der Waals surface area contributed by atoms with E-state index in [0.29, 0.717) is 17.7 Å². The molecule has 0 spiro atoms. The first-order valence-electron chi connectivity index (χ1n) is 8.62. The molecule has 0 bridgehead atoms. The summed E-state index contributed by atoms with van der Waals surface area (Å²) in [7, 11) is 0. The van der Waals surface area contributed by atoms with Crippen molar-refractivity contribution in [2.45, 2.75) is 31.1 Å². The van der Waals surface area contributed by atoms with Gasteiger partial charge in [0.15, 0.2) is 0 Å². The number of nitrogens with one attached hydrogen (secondary N) is 1. The summed E-state index contributed by atoms with van der Waals surface area (Å²) in [6, 6.07) is 15.1. The fourth-order valence-corrected chi connectivity index (χ4v) is 3.77. The minimum Gasteiger partial charge on any atom is -0.322 e. The van der Waals surface area contributed by atoms with Crippen molar-refractivity contribution in [2.24, 2.45) is 0 Å². The number of piperidine rings is 1. The van der Waals surface area contributed by atoms with Gasteiger partial charge >= 0.3 is 0 Å². The molecule has 2 amide bonds. The molecule has 1 N–H and O–H groups in total. The number of hydrogen-bond acceptors (Lipinski definition) is 3. The van der Waals surface area contributed by atoms with Gasteiger partial charge < -0.3 is 10.2 Å². The van der Waals surface area contributed by atoms with E-state index in [2.05, 4.69) is 12.2 Å². The van der Waals surface area contributed by atoms with Gasteiger partial charge in [0.1, 0.15) is 0 Å². The van der Waals surface area contributed by atoms with Crippen LogP contribution in [0.2, 0.25) is 0 Å². The first kappa shape index (κ1) is 17.5. The summed E-state index contributed by atoms with van der Waals surface area (Å²) in [6.45, 7) is 2.81. The van der Waals surface area contributed by atoms with Gasteiger partial charge in [0.2, 0.25) is 5.91 Å². The van der Waals surface area contributed by atoms with Crippen LogP contribution in [0.15, 0.2) is 53.4 Å². The Balaban J connectivity index is 1.78. The molecule has 25 heavy (non-hydrogen) atoms. The molecule has 2 aromatic rings. The van der Waals surface area contributed by atoms with E-state index in [1.165, 1.54) is 0 Å². The summed E-state index contributed by atoms with van der Waals surface area (Å²) < 4.78 is 0. The van der Waals surface area contributed by atoms with Crippen molar-refractivity contribution in [2.75, 3.05) is 22.5 Å². The number of rotatable bonds is 5. The first-order valence-corrected chi connectivity index (χ1v) is 9.61. The molecule has 1 aliphatic heterocycles. The van der Waals surface area contributed by atoms with Crippen LogP contribution in [0.5, 0.6) is 0 Å². The Morgan fingerprint density at radius 3 is 2.80 bits per heavy atom. The number of anilines is 2. The second-order valence-electron chi connectivity index (χ2n) is 5.94. The van der Waals surface area contributed by atoms with E-state index >= 15 is 0 Å². The minimum absolute atomic E-state index is 0.126. The molecule has 3 rings (SSSR count). The van der Waals surface area contributed by atoms with E-state index in [4.69, 9.17) is 0 Å². The van der Waals surface area contributed by atoms with Crippen LogP contribution in [-0.4, -0.2) is 24.1 Å². The lowest BCUT2D eigenvalue weighted by molar-refractivity contribution is -0.119. The van der Waals surface area contributed by atoms with Crippen LogP contribution in [0.3, 0.4) is 0 Å². The van der Waals surface area contributed by atoms with Crippen molar-refractivity contribution in [3.05, 3.63) is 54.1 Å². The van der Waals surface area contributed by atoms with Crippen molar-refractivity contribution in [1.82, 2.24) is 0 Å². The number of hydrogen-bond donors (Lipinski definition) is 1. The van der Waals surface area contributed by atoms with Crippen molar-refractivity contribution in [3.63, 3.8) is 0 Å². The Bertz CT molecular complexity index is 776. The normalized spacial score (nSPS) is 14.4. The fraction of sp³-hybridized carbons (Fsp3) is 0.300. The second kappa shape index (κ2) is 8.21. The smallest absolute Gasteiger partial charge is 0.256 e. The first-order chi connectivity index (χ1) is 12.2. The molecule has 5 heteroatoms. The maximum Gasteiger partial charge on any atom is 0.256 e. The second-order valence-corrected chi connectivity index (χ2v) is 7.24. The van der Waals surface area contributed by atoms with Crippen LogP contribution in [0.1, 0.15) is 36.5 Å². The average Bonchev–Trinajstić information content (AvgIpc) is 2.63. The zero-order valence-corrected chi connectivity index (χ0v) is 15.1. The number of thioether (sulfide) groups is 1. The van der Waals surface area contributed by atoms with E-state index in [1.807, 2.05) is 48.5 Å². The number of carbonyl (C=O) groups is 2. The minimum atomic E-state index is -0.126. The Labute approximate surface area is 152 Å². The van der Waals surface area contributed by atoms with E-state index in [-0.39, 0.29) is 11.8 Å². The Hall–Kier alpha value is -2.27. The third kappa shape index (κ3) is 4.23. The highest BCUT2D eigenvalue weighted by atomic mass is 32.2. The Morgan fingerprint density at radius 1 is 1.16 bits per heavy atom. The van der Waals surface area contributed by atoms with Gasteiger partial charge in [-0.05, 0) is 48.9 Å². The predicted octanol–water partition coefficient (Wildman–Crippen LogP) is 4.57. The lowest BCUT2D eigenvalue weighted by Crippen LogP contribution is -2.35. The number of carbonyl (C=O) groups excluding carboxylic acids is 2. The van der Waals surface area contributed by atoms with Gasteiger partial charge in [0.25, 0.3) is 5.91 Å². The third-order valence-electron chi connectivity index (χ3n) is 4.17. The molecule has 0 radical (unpaired) electrons. The van der Waals surface area contributed by atoms with Gasteiger partial charge in [0.05, 0.1) is 5.56 Å². The molecule has 0 aliphatic carbocycles. The molecule has 2 aromatic carbocycles. The van der Waals surface area contributed by atoms with Gasteiger partial charge in [0, 0.05) is 29.2 Å². The Morgan fingerprint density at radius 2 is 2.00 bits per heavy atom. The maximum absolute atomic E-state index is 12.7. The quantitative estimate of drug-likeness (QED) is 0.800. The monoisotopic (exact) mass is 354 g/mol. The lowest BCUT2D eigenvalue weighted by Gasteiger charge is -2.27. The molecule has 130 valence electrons. The maximum atomic E-state index is 12.7. The van der Waals surface area contributed by atoms with E-state index in [0.717, 1.165) is 35.7 Å². The van der Waals surface area contributed by atoms with Crippen LogP contribution in [-0.2, 0) is 4.79 Å². The van der Waals surface area contributed by atoms with Gasteiger partial charge in [-0.25, -0.2) is 0 Å². The molecule has 0 saturated carbocycles. The molecule has 1 heterocycles. The third-order valence-corrected chi connectivity index (χ3v) is 5.13. The van der Waals surface area contributed by atoms with Crippen molar-refractivity contribution in [3.8, 4) is 0 Å². The predicted molar refractivity (Wildman–Crippen MR) is 103 cm³/mol.